The summed E-state index contributed by atoms with van der Waals surface area (Å²) in [4.78, 5) is 29.7. The Morgan fingerprint density at radius 3 is 2.72 bits per heavy atom. The van der Waals surface area contributed by atoms with E-state index in [1.165, 1.54) is 12.3 Å². The fourth-order valence-electron chi connectivity index (χ4n) is 2.51. The number of rotatable bonds is 6. The molecule has 1 fully saturated rings. The van der Waals surface area contributed by atoms with Crippen LogP contribution in [-0.4, -0.2) is 53.3 Å². The molecule has 1 unspecified atom stereocenters. The SMILES string of the molecule is NCCCC(NC(=O)c1cnc(Cl)c(Cl)c1)C(=O)N1CCC(F)(F)C1. The third-order valence-electron chi connectivity index (χ3n) is 3.84. The highest BCUT2D eigenvalue weighted by Crippen LogP contribution is 2.27. The van der Waals surface area contributed by atoms with E-state index in [1.54, 1.807) is 0 Å². The van der Waals surface area contributed by atoms with Crippen molar-refractivity contribution in [3.05, 3.63) is 28.0 Å². The van der Waals surface area contributed by atoms with Gasteiger partial charge in [-0.2, -0.15) is 0 Å². The number of halogens is 4. The minimum Gasteiger partial charge on any atom is -0.340 e. The molecule has 1 aliphatic heterocycles. The van der Waals surface area contributed by atoms with Crippen LogP contribution in [0.2, 0.25) is 10.2 Å². The fourth-order valence-corrected chi connectivity index (χ4v) is 2.78. The predicted octanol–water partition coefficient (Wildman–Crippen LogP) is 2.09. The number of alkyl halides is 2. The molecule has 1 aromatic heterocycles. The first-order valence-electron chi connectivity index (χ1n) is 7.72. The maximum atomic E-state index is 13.3. The molecule has 0 bridgehead atoms. The van der Waals surface area contributed by atoms with Crippen LogP contribution in [-0.2, 0) is 4.79 Å². The van der Waals surface area contributed by atoms with Crippen LogP contribution in [0.25, 0.3) is 0 Å². The zero-order chi connectivity index (χ0) is 18.6. The minimum absolute atomic E-state index is 0.0465. The Kier molecular flexibility index (Phi) is 6.53. The average Bonchev–Trinajstić information content (AvgIpc) is 2.93. The van der Waals surface area contributed by atoms with Gasteiger partial charge in [-0.25, -0.2) is 13.8 Å². The van der Waals surface area contributed by atoms with E-state index < -0.39 is 30.3 Å². The highest BCUT2D eigenvalue weighted by Gasteiger charge is 2.42. The van der Waals surface area contributed by atoms with Gasteiger partial charge in [-0.05, 0) is 25.5 Å². The predicted molar refractivity (Wildman–Crippen MR) is 89.9 cm³/mol. The lowest BCUT2D eigenvalue weighted by atomic mass is 10.1. The van der Waals surface area contributed by atoms with E-state index in [0.29, 0.717) is 13.0 Å². The third-order valence-corrected chi connectivity index (χ3v) is 4.53. The summed E-state index contributed by atoms with van der Waals surface area (Å²) in [6, 6.07) is 0.375. The smallest absolute Gasteiger partial charge is 0.267 e. The Morgan fingerprint density at radius 1 is 1.44 bits per heavy atom. The molecule has 3 N–H and O–H groups in total. The largest absolute Gasteiger partial charge is 0.340 e. The summed E-state index contributed by atoms with van der Waals surface area (Å²) in [5, 5.41) is 2.69. The Morgan fingerprint density at radius 2 is 2.16 bits per heavy atom. The van der Waals surface area contributed by atoms with Crippen molar-refractivity contribution < 1.29 is 18.4 Å². The highest BCUT2D eigenvalue weighted by molar-refractivity contribution is 6.41. The number of nitrogens with zero attached hydrogens (tertiary/aromatic N) is 2. The number of nitrogens with one attached hydrogen (secondary N) is 1. The Labute approximate surface area is 153 Å². The van der Waals surface area contributed by atoms with E-state index in [4.69, 9.17) is 28.9 Å². The lowest BCUT2D eigenvalue weighted by molar-refractivity contribution is -0.133. The molecule has 2 amide bonds. The summed E-state index contributed by atoms with van der Waals surface area (Å²) in [6.07, 6.45) is 1.55. The first-order valence-corrected chi connectivity index (χ1v) is 8.47. The van der Waals surface area contributed by atoms with E-state index in [-0.39, 0.29) is 35.1 Å². The van der Waals surface area contributed by atoms with Crippen molar-refractivity contribution in [2.45, 2.75) is 31.2 Å². The number of carbonyl (C=O) groups excluding carboxylic acids is 2. The number of likely N-dealkylation sites (tertiary alicyclic amines) is 1. The first kappa shape index (κ1) is 19.8. The van der Waals surface area contributed by atoms with Gasteiger partial charge in [0.1, 0.15) is 11.2 Å². The zero-order valence-corrected chi connectivity index (χ0v) is 14.8. The average molecular weight is 395 g/mol. The number of aromatic nitrogens is 1. The molecule has 10 heteroatoms. The molecule has 1 saturated heterocycles. The molecular formula is C15H18Cl2F2N4O2. The highest BCUT2D eigenvalue weighted by atomic mass is 35.5. The lowest BCUT2D eigenvalue weighted by Gasteiger charge is -2.24. The van der Waals surface area contributed by atoms with Crippen LogP contribution in [0.15, 0.2) is 12.3 Å². The zero-order valence-electron chi connectivity index (χ0n) is 13.3. The Hall–Kier alpha value is -1.51. The van der Waals surface area contributed by atoms with Gasteiger partial charge in [-0.15, -0.1) is 0 Å². The second-order valence-electron chi connectivity index (χ2n) is 5.82. The Bertz CT molecular complexity index is 660. The van der Waals surface area contributed by atoms with Crippen molar-refractivity contribution in [2.24, 2.45) is 5.73 Å². The van der Waals surface area contributed by atoms with Crippen LogP contribution in [0.1, 0.15) is 29.6 Å². The molecule has 25 heavy (non-hydrogen) atoms. The summed E-state index contributed by atoms with van der Waals surface area (Å²) in [6.45, 7) is -0.381. The van der Waals surface area contributed by atoms with Crippen molar-refractivity contribution in [3.8, 4) is 0 Å². The van der Waals surface area contributed by atoms with Gasteiger partial charge in [-0.3, -0.25) is 9.59 Å². The van der Waals surface area contributed by atoms with Gasteiger partial charge in [0.25, 0.3) is 11.8 Å². The second-order valence-corrected chi connectivity index (χ2v) is 6.58. The molecule has 0 radical (unpaired) electrons. The molecule has 1 atom stereocenters. The van der Waals surface area contributed by atoms with Crippen LogP contribution >= 0.6 is 23.2 Å². The van der Waals surface area contributed by atoms with Gasteiger partial charge in [-0.1, -0.05) is 23.2 Å². The monoisotopic (exact) mass is 394 g/mol. The van der Waals surface area contributed by atoms with Gasteiger partial charge in [0, 0.05) is 19.2 Å². The van der Waals surface area contributed by atoms with E-state index in [2.05, 4.69) is 10.3 Å². The van der Waals surface area contributed by atoms with Crippen LogP contribution in [0.3, 0.4) is 0 Å². The molecule has 138 valence electrons. The number of amides is 2. The Balaban J connectivity index is 2.09. The summed E-state index contributed by atoms with van der Waals surface area (Å²) < 4.78 is 26.7. The van der Waals surface area contributed by atoms with Gasteiger partial charge in [0.05, 0.1) is 17.1 Å². The fraction of sp³-hybridized carbons (Fsp3) is 0.533. The molecule has 1 aromatic rings. The normalized spacial score (nSPS) is 17.4. The van der Waals surface area contributed by atoms with Crippen molar-refractivity contribution in [2.75, 3.05) is 19.6 Å². The van der Waals surface area contributed by atoms with Crippen LogP contribution < -0.4 is 11.1 Å². The van der Waals surface area contributed by atoms with Crippen LogP contribution in [0, 0.1) is 0 Å². The molecule has 0 aliphatic carbocycles. The molecule has 0 spiro atoms. The maximum absolute atomic E-state index is 13.3. The topological polar surface area (TPSA) is 88.3 Å². The summed E-state index contributed by atoms with van der Waals surface area (Å²) >= 11 is 11.5. The number of hydrogen-bond acceptors (Lipinski definition) is 4. The molecule has 2 rings (SSSR count). The second kappa shape index (κ2) is 8.25. The van der Waals surface area contributed by atoms with Crippen LogP contribution in [0.5, 0.6) is 0 Å². The number of hydrogen-bond donors (Lipinski definition) is 2. The third kappa shape index (κ3) is 5.23. The number of pyridine rings is 1. The molecule has 0 saturated carbocycles. The molecular weight excluding hydrogens is 377 g/mol. The molecule has 1 aliphatic rings. The van der Waals surface area contributed by atoms with Gasteiger partial charge < -0.3 is 16.0 Å². The van der Waals surface area contributed by atoms with Gasteiger partial charge >= 0.3 is 0 Å². The summed E-state index contributed by atoms with van der Waals surface area (Å²) in [5.41, 5.74) is 5.57. The van der Waals surface area contributed by atoms with E-state index in [1.807, 2.05) is 0 Å². The van der Waals surface area contributed by atoms with Crippen molar-refractivity contribution in [3.63, 3.8) is 0 Å². The first-order chi connectivity index (χ1) is 11.7. The molecule has 2 heterocycles. The van der Waals surface area contributed by atoms with Crippen LogP contribution in [0.4, 0.5) is 8.78 Å². The van der Waals surface area contributed by atoms with E-state index >= 15 is 0 Å². The van der Waals surface area contributed by atoms with E-state index in [0.717, 1.165) is 4.90 Å². The quantitative estimate of drug-likeness (QED) is 0.723. The van der Waals surface area contributed by atoms with Gasteiger partial charge in [0.2, 0.25) is 5.91 Å². The summed E-state index contributed by atoms with van der Waals surface area (Å²) in [5.74, 6) is -4.04. The van der Waals surface area contributed by atoms with E-state index in [9.17, 15) is 18.4 Å². The minimum atomic E-state index is -2.90. The molecule has 0 aromatic carbocycles. The number of carbonyl (C=O) groups is 2. The van der Waals surface area contributed by atoms with Crippen molar-refractivity contribution in [1.29, 1.82) is 0 Å². The van der Waals surface area contributed by atoms with Crippen molar-refractivity contribution in [1.82, 2.24) is 15.2 Å². The standard InChI is InChI=1S/C15H18Cl2F2N4O2/c16-10-6-9(7-21-12(10)17)13(24)22-11(2-1-4-20)14(25)23-5-3-15(18,19)8-23/h6-7,11H,1-5,8,20H2,(H,22,24). The lowest BCUT2D eigenvalue weighted by Crippen LogP contribution is -2.48. The maximum Gasteiger partial charge on any atom is 0.267 e. The number of nitrogens with two attached hydrogens (primary N) is 1. The van der Waals surface area contributed by atoms with Crippen molar-refractivity contribution >= 4 is 35.0 Å². The summed E-state index contributed by atoms with van der Waals surface area (Å²) in [7, 11) is 0. The van der Waals surface area contributed by atoms with Gasteiger partial charge in [0.15, 0.2) is 0 Å². The molecule has 6 nitrogen and oxygen atoms in total.